The van der Waals surface area contributed by atoms with E-state index in [4.69, 9.17) is 21.1 Å². The molecule has 2 N–H and O–H groups in total. The van der Waals surface area contributed by atoms with Crippen LogP contribution in [0.1, 0.15) is 63.6 Å². The van der Waals surface area contributed by atoms with Gasteiger partial charge in [0.15, 0.2) is 5.69 Å². The first kappa shape index (κ1) is 27.9. The summed E-state index contributed by atoms with van der Waals surface area (Å²) in [7, 11) is 0. The molecule has 0 saturated heterocycles. The quantitative estimate of drug-likeness (QED) is 0.300. The van der Waals surface area contributed by atoms with Crippen molar-refractivity contribution in [1.29, 1.82) is 0 Å². The van der Waals surface area contributed by atoms with Crippen molar-refractivity contribution in [3.8, 4) is 0 Å². The molecular formula is C27H30ClN3O6. The average molecular weight is 528 g/mol. The Labute approximate surface area is 220 Å². The van der Waals surface area contributed by atoms with Gasteiger partial charge in [-0.3, -0.25) is 4.79 Å². The second-order valence-electron chi connectivity index (χ2n) is 10.3. The number of nitrogens with one attached hydrogen (secondary N) is 1. The van der Waals surface area contributed by atoms with Crippen molar-refractivity contribution in [1.82, 2.24) is 10.4 Å². The fourth-order valence-corrected chi connectivity index (χ4v) is 3.62. The Morgan fingerprint density at radius 2 is 1.65 bits per heavy atom. The molecule has 0 aliphatic carbocycles. The molecule has 37 heavy (non-hydrogen) atoms. The highest BCUT2D eigenvalue weighted by Crippen LogP contribution is 2.27. The van der Waals surface area contributed by atoms with Gasteiger partial charge in [0, 0.05) is 16.6 Å². The molecule has 10 heteroatoms. The maximum Gasteiger partial charge on any atom is 0.429 e. The lowest BCUT2D eigenvalue weighted by atomic mass is 10.1. The van der Waals surface area contributed by atoms with E-state index in [1.54, 1.807) is 84.0 Å². The second-order valence-corrected chi connectivity index (χ2v) is 10.8. The van der Waals surface area contributed by atoms with Gasteiger partial charge >= 0.3 is 18.0 Å². The number of hydrazine groups is 1. The third kappa shape index (κ3) is 7.41. The molecule has 3 aromatic rings. The lowest BCUT2D eigenvalue weighted by molar-refractivity contribution is -0.139. The second kappa shape index (κ2) is 10.7. The summed E-state index contributed by atoms with van der Waals surface area (Å²) in [4.78, 5) is 42.3. The van der Waals surface area contributed by atoms with Crippen molar-refractivity contribution in [2.75, 3.05) is 5.01 Å². The summed E-state index contributed by atoms with van der Waals surface area (Å²) in [6, 6.07) is 11.5. The van der Waals surface area contributed by atoms with Crippen LogP contribution in [0.4, 0.5) is 10.5 Å². The number of carboxylic acids is 1. The summed E-state index contributed by atoms with van der Waals surface area (Å²) in [6.07, 6.45) is 0.643. The summed E-state index contributed by atoms with van der Waals surface area (Å²) in [6.45, 7) is 10.4. The van der Waals surface area contributed by atoms with Gasteiger partial charge in [-0.15, -0.1) is 0 Å². The predicted octanol–water partition coefficient (Wildman–Crippen LogP) is 5.92. The molecule has 3 rings (SSSR count). The molecule has 1 unspecified atom stereocenters. The molecule has 1 atom stereocenters. The number of rotatable bonds is 6. The fourth-order valence-electron chi connectivity index (χ4n) is 3.42. The molecule has 0 bridgehead atoms. The van der Waals surface area contributed by atoms with Crippen LogP contribution in [0.2, 0.25) is 5.02 Å². The predicted molar refractivity (Wildman–Crippen MR) is 141 cm³/mol. The molecule has 0 aliphatic rings. The number of fused-ring (bicyclic) bond motifs is 1. The van der Waals surface area contributed by atoms with Crippen LogP contribution in [0.3, 0.4) is 0 Å². The number of hydrogen-bond donors (Lipinski definition) is 2. The van der Waals surface area contributed by atoms with Crippen molar-refractivity contribution in [2.24, 2.45) is 0 Å². The van der Waals surface area contributed by atoms with Gasteiger partial charge in [0.2, 0.25) is 0 Å². The largest absolute Gasteiger partial charge is 0.480 e. The minimum atomic E-state index is -1.32. The highest BCUT2D eigenvalue weighted by molar-refractivity contribution is 6.30. The summed E-state index contributed by atoms with van der Waals surface area (Å²) < 4.78 is 11.0. The number of ether oxygens (including phenoxy) is 2. The summed E-state index contributed by atoms with van der Waals surface area (Å²) >= 11 is 6.07. The van der Waals surface area contributed by atoms with E-state index >= 15 is 0 Å². The third-order valence-corrected chi connectivity index (χ3v) is 5.10. The van der Waals surface area contributed by atoms with Gasteiger partial charge in [-0.2, -0.15) is 0 Å². The number of aliphatic carboxylic acids is 1. The van der Waals surface area contributed by atoms with E-state index in [9.17, 15) is 19.5 Å². The van der Waals surface area contributed by atoms with Crippen LogP contribution in [0.25, 0.3) is 10.8 Å². The van der Waals surface area contributed by atoms with E-state index in [1.807, 2.05) is 0 Å². The summed E-state index contributed by atoms with van der Waals surface area (Å²) in [5, 5.41) is 12.4. The standard InChI is InChI=1S/C27H30ClN3O6/c1-26(2,3)36-24(34)22-20-11-10-19(15-16(20)12-13-29-22)31(25(35)37-27(4,5)6)30-21(23(32)33)17-8-7-9-18(28)14-17/h7-15,21,30H,1-6H3,(H,32,33). The van der Waals surface area contributed by atoms with Crippen LogP contribution in [0, 0.1) is 0 Å². The number of esters is 1. The van der Waals surface area contributed by atoms with E-state index < -0.39 is 35.3 Å². The number of carbonyl (C=O) groups is 3. The molecule has 0 fully saturated rings. The number of carbonyl (C=O) groups excluding carboxylic acids is 2. The van der Waals surface area contributed by atoms with Crippen LogP contribution in [0.5, 0.6) is 0 Å². The number of anilines is 1. The van der Waals surface area contributed by atoms with Crippen LogP contribution < -0.4 is 10.4 Å². The zero-order chi connectivity index (χ0) is 27.5. The van der Waals surface area contributed by atoms with E-state index in [-0.39, 0.29) is 11.4 Å². The molecule has 0 spiro atoms. The first-order valence-electron chi connectivity index (χ1n) is 11.5. The third-order valence-electron chi connectivity index (χ3n) is 4.86. The van der Waals surface area contributed by atoms with E-state index in [0.29, 0.717) is 21.4 Å². The van der Waals surface area contributed by atoms with Crippen molar-refractivity contribution in [3.63, 3.8) is 0 Å². The van der Waals surface area contributed by atoms with Gasteiger partial charge in [-0.05, 0) is 88.9 Å². The number of benzene rings is 2. The van der Waals surface area contributed by atoms with Gasteiger partial charge in [-0.1, -0.05) is 23.7 Å². The van der Waals surface area contributed by atoms with Crippen molar-refractivity contribution < 1.29 is 29.0 Å². The van der Waals surface area contributed by atoms with Crippen LogP contribution >= 0.6 is 11.6 Å². The number of hydrogen-bond acceptors (Lipinski definition) is 7. The molecule has 196 valence electrons. The Kier molecular flexibility index (Phi) is 8.09. The van der Waals surface area contributed by atoms with Gasteiger partial charge < -0.3 is 14.6 Å². The molecule has 9 nitrogen and oxygen atoms in total. The summed E-state index contributed by atoms with van der Waals surface area (Å²) in [5.41, 5.74) is 1.96. The zero-order valence-electron chi connectivity index (χ0n) is 21.5. The molecule has 2 aromatic carbocycles. The fraction of sp³-hybridized carbons (Fsp3) is 0.333. The lowest BCUT2D eigenvalue weighted by Crippen LogP contribution is -2.49. The first-order chi connectivity index (χ1) is 17.1. The SMILES string of the molecule is CC(C)(C)OC(=O)c1nccc2cc(N(NC(C(=O)O)c3cccc(Cl)c3)C(=O)OC(C)(C)C)ccc12. The molecule has 0 radical (unpaired) electrons. The monoisotopic (exact) mass is 527 g/mol. The van der Waals surface area contributed by atoms with E-state index in [1.165, 1.54) is 12.3 Å². The maximum absolute atomic E-state index is 13.2. The summed E-state index contributed by atoms with van der Waals surface area (Å²) in [5.74, 6) is -1.81. The molecule has 1 heterocycles. The molecule has 1 amide bonds. The van der Waals surface area contributed by atoms with Crippen molar-refractivity contribution in [2.45, 2.75) is 58.8 Å². The normalized spacial score (nSPS) is 12.6. The smallest absolute Gasteiger partial charge is 0.429 e. The highest BCUT2D eigenvalue weighted by Gasteiger charge is 2.30. The number of amides is 1. The zero-order valence-corrected chi connectivity index (χ0v) is 22.3. The lowest BCUT2D eigenvalue weighted by Gasteiger charge is -2.30. The number of aromatic nitrogens is 1. The number of pyridine rings is 1. The molecular weight excluding hydrogens is 498 g/mol. The Morgan fingerprint density at radius 1 is 0.973 bits per heavy atom. The van der Waals surface area contributed by atoms with Crippen molar-refractivity contribution in [3.05, 3.63) is 71.0 Å². The number of halogens is 1. The first-order valence-corrected chi connectivity index (χ1v) is 11.9. The molecule has 1 aromatic heterocycles. The average Bonchev–Trinajstić information content (AvgIpc) is 2.76. The maximum atomic E-state index is 13.2. The van der Waals surface area contributed by atoms with Gasteiger partial charge in [0.25, 0.3) is 0 Å². The van der Waals surface area contributed by atoms with Gasteiger partial charge in [0.1, 0.15) is 17.2 Å². The number of nitrogens with zero attached hydrogens (tertiary/aromatic N) is 2. The minimum Gasteiger partial charge on any atom is -0.480 e. The van der Waals surface area contributed by atoms with E-state index in [0.717, 1.165) is 5.01 Å². The van der Waals surface area contributed by atoms with Crippen LogP contribution in [0.15, 0.2) is 54.7 Å². The number of carboxylic acid groups (broad SMARTS) is 1. The Bertz CT molecular complexity index is 1330. The minimum absolute atomic E-state index is 0.123. The molecule has 0 saturated carbocycles. The van der Waals surface area contributed by atoms with Crippen LogP contribution in [-0.2, 0) is 14.3 Å². The van der Waals surface area contributed by atoms with Gasteiger partial charge in [0.05, 0.1) is 5.69 Å². The van der Waals surface area contributed by atoms with Crippen LogP contribution in [-0.4, -0.2) is 39.3 Å². The van der Waals surface area contributed by atoms with Crippen molar-refractivity contribution >= 4 is 46.1 Å². The van der Waals surface area contributed by atoms with E-state index in [2.05, 4.69) is 10.4 Å². The topological polar surface area (TPSA) is 118 Å². The Balaban J connectivity index is 2.07. The Morgan fingerprint density at radius 3 is 2.24 bits per heavy atom. The Hall–Kier alpha value is -3.69. The molecule has 0 aliphatic heterocycles. The highest BCUT2D eigenvalue weighted by atomic mass is 35.5. The van der Waals surface area contributed by atoms with Gasteiger partial charge in [-0.25, -0.2) is 25.0 Å².